The maximum atomic E-state index is 11.1. The summed E-state index contributed by atoms with van der Waals surface area (Å²) in [7, 11) is 0. The molecule has 0 spiro atoms. The zero-order valence-electron chi connectivity index (χ0n) is 9.98. The van der Waals surface area contributed by atoms with Gasteiger partial charge in [0.25, 0.3) is 0 Å². The fourth-order valence-corrected chi connectivity index (χ4v) is 2.21. The summed E-state index contributed by atoms with van der Waals surface area (Å²) in [6.45, 7) is 4.98. The van der Waals surface area contributed by atoms with Gasteiger partial charge in [-0.3, -0.25) is 4.79 Å². The van der Waals surface area contributed by atoms with E-state index in [1.54, 1.807) is 0 Å². The second-order valence-electron chi connectivity index (χ2n) is 4.37. The van der Waals surface area contributed by atoms with Gasteiger partial charge in [-0.05, 0) is 34.7 Å². The fraction of sp³-hybridized carbons (Fsp3) is 0.385. The van der Waals surface area contributed by atoms with Gasteiger partial charge in [-0.25, -0.2) is 4.98 Å². The molecule has 0 aliphatic heterocycles. The molecule has 4 heteroatoms. The molecule has 3 nitrogen and oxygen atoms in total. The zero-order chi connectivity index (χ0) is 12.4. The lowest BCUT2D eigenvalue weighted by molar-refractivity contribution is -0.109. The molecule has 2 aromatic rings. The molecule has 0 bridgehead atoms. The number of fused-ring (bicyclic) bond motifs is 1. The largest absolute Gasteiger partial charge is 0.327 e. The molecule has 2 rings (SSSR count). The predicted octanol–water partition coefficient (Wildman–Crippen LogP) is 3.51. The van der Waals surface area contributed by atoms with Crippen molar-refractivity contribution in [2.75, 3.05) is 0 Å². The highest BCUT2D eigenvalue weighted by Gasteiger charge is 2.13. The quantitative estimate of drug-likeness (QED) is 0.630. The molecule has 0 aliphatic carbocycles. The molecule has 0 saturated heterocycles. The summed E-state index contributed by atoms with van der Waals surface area (Å²) >= 11 is 1.85. The number of hydrogen-bond acceptors (Lipinski definition) is 2. The molecule has 0 fully saturated rings. The lowest BCUT2D eigenvalue weighted by atomic mass is 10.2. The van der Waals surface area contributed by atoms with E-state index in [1.807, 2.05) is 40.8 Å². The van der Waals surface area contributed by atoms with Gasteiger partial charge in [-0.1, -0.05) is 26.0 Å². The van der Waals surface area contributed by atoms with Crippen molar-refractivity contribution in [2.24, 2.45) is 0 Å². The summed E-state index contributed by atoms with van der Waals surface area (Å²) < 4.78 is 2.35. The van der Waals surface area contributed by atoms with E-state index in [-0.39, 0.29) is 3.79 Å². The minimum atomic E-state index is 0.190. The molecule has 90 valence electrons. The van der Waals surface area contributed by atoms with Crippen LogP contribution in [0.3, 0.4) is 0 Å². The third kappa shape index (κ3) is 2.68. The van der Waals surface area contributed by atoms with E-state index in [0.717, 1.165) is 23.4 Å². The summed E-state index contributed by atoms with van der Waals surface area (Å²) in [5, 5.41) is 0. The topological polar surface area (TPSA) is 34.9 Å². The third-order valence-electron chi connectivity index (χ3n) is 2.73. The van der Waals surface area contributed by atoms with Crippen molar-refractivity contribution in [3.05, 3.63) is 30.1 Å². The number of halogens is 1. The van der Waals surface area contributed by atoms with Gasteiger partial charge in [0, 0.05) is 18.9 Å². The second-order valence-corrected chi connectivity index (χ2v) is 5.57. The van der Waals surface area contributed by atoms with Crippen molar-refractivity contribution in [3.8, 4) is 0 Å². The Morgan fingerprint density at radius 1 is 1.41 bits per heavy atom. The molecule has 0 unspecified atom stereocenters. The SMILES string of the molecule is CC(C)c1nc2ccccc2n1CCC(=O)I. The Hall–Kier alpha value is -0.910. The number of imidazole rings is 1. The summed E-state index contributed by atoms with van der Waals surface area (Å²) in [6, 6.07) is 8.08. The smallest absolute Gasteiger partial charge is 0.194 e. The number of carbonyl (C=O) groups excluding carboxylic acids is 1. The molecule has 17 heavy (non-hydrogen) atoms. The van der Waals surface area contributed by atoms with E-state index < -0.39 is 0 Å². The van der Waals surface area contributed by atoms with Crippen molar-refractivity contribution < 1.29 is 4.79 Å². The molecule has 1 aromatic carbocycles. The van der Waals surface area contributed by atoms with Crippen LogP contribution in [0.25, 0.3) is 11.0 Å². The van der Waals surface area contributed by atoms with Crippen LogP contribution in [0.2, 0.25) is 0 Å². The first-order chi connectivity index (χ1) is 8.09. The number of hydrogen-bond donors (Lipinski definition) is 0. The third-order valence-corrected chi connectivity index (χ3v) is 3.27. The van der Waals surface area contributed by atoms with E-state index in [0.29, 0.717) is 12.3 Å². The van der Waals surface area contributed by atoms with Crippen LogP contribution < -0.4 is 0 Å². The molecular formula is C13H15IN2O. The highest BCUT2D eigenvalue weighted by molar-refractivity contribution is 14.1. The van der Waals surface area contributed by atoms with Gasteiger partial charge < -0.3 is 4.57 Å². The zero-order valence-corrected chi connectivity index (χ0v) is 12.1. The molecule has 1 aromatic heterocycles. The Kier molecular flexibility index (Phi) is 3.81. The van der Waals surface area contributed by atoms with Crippen molar-refractivity contribution in [2.45, 2.75) is 32.7 Å². The average molecular weight is 342 g/mol. The lowest BCUT2D eigenvalue weighted by Gasteiger charge is -2.09. The number of para-hydroxylation sites is 2. The monoisotopic (exact) mass is 342 g/mol. The maximum Gasteiger partial charge on any atom is 0.194 e. The van der Waals surface area contributed by atoms with Crippen molar-refractivity contribution in [3.63, 3.8) is 0 Å². The number of rotatable bonds is 4. The lowest BCUT2D eigenvalue weighted by Crippen LogP contribution is -2.07. The van der Waals surface area contributed by atoms with Crippen LogP contribution in [0.4, 0.5) is 0 Å². The van der Waals surface area contributed by atoms with Crippen molar-refractivity contribution >= 4 is 37.4 Å². The second kappa shape index (κ2) is 5.16. The summed E-state index contributed by atoms with van der Waals surface area (Å²) in [4.78, 5) is 15.7. The number of aromatic nitrogens is 2. The van der Waals surface area contributed by atoms with Crippen molar-refractivity contribution in [1.29, 1.82) is 0 Å². The van der Waals surface area contributed by atoms with Gasteiger partial charge in [0.1, 0.15) is 5.82 Å². The standard InChI is InChI=1S/C13H15IN2O/c1-9(2)13-15-10-5-3-4-6-11(10)16(13)8-7-12(14)17/h3-6,9H,7-8H2,1-2H3. The number of aryl methyl sites for hydroxylation is 1. The minimum absolute atomic E-state index is 0.190. The molecule has 0 radical (unpaired) electrons. The van der Waals surface area contributed by atoms with Crippen molar-refractivity contribution in [1.82, 2.24) is 9.55 Å². The van der Waals surface area contributed by atoms with Gasteiger partial charge in [0.2, 0.25) is 0 Å². The van der Waals surface area contributed by atoms with E-state index in [4.69, 9.17) is 0 Å². The van der Waals surface area contributed by atoms with Crippen LogP contribution in [0.5, 0.6) is 0 Å². The highest BCUT2D eigenvalue weighted by atomic mass is 127. The Balaban J connectivity index is 2.48. The maximum absolute atomic E-state index is 11.1. The molecule has 0 atom stereocenters. The number of benzene rings is 1. The van der Waals surface area contributed by atoms with Gasteiger partial charge in [0.15, 0.2) is 3.79 Å². The molecule has 0 aliphatic rings. The Morgan fingerprint density at radius 3 is 2.76 bits per heavy atom. The summed E-state index contributed by atoms with van der Waals surface area (Å²) in [5.41, 5.74) is 2.13. The normalized spacial score (nSPS) is 11.3. The number of carbonyl (C=O) groups is 1. The van der Waals surface area contributed by atoms with E-state index in [2.05, 4.69) is 29.5 Å². The van der Waals surface area contributed by atoms with Gasteiger partial charge in [-0.15, -0.1) is 0 Å². The van der Waals surface area contributed by atoms with Crippen LogP contribution >= 0.6 is 22.6 Å². The molecule has 0 N–H and O–H groups in total. The van der Waals surface area contributed by atoms with E-state index >= 15 is 0 Å². The van der Waals surface area contributed by atoms with Gasteiger partial charge >= 0.3 is 0 Å². The first-order valence-electron chi connectivity index (χ1n) is 5.73. The first-order valence-corrected chi connectivity index (χ1v) is 6.81. The highest BCUT2D eigenvalue weighted by Crippen LogP contribution is 2.22. The van der Waals surface area contributed by atoms with Crippen LogP contribution in [0.1, 0.15) is 32.0 Å². The molecule has 0 amide bonds. The fourth-order valence-electron chi connectivity index (χ4n) is 1.97. The molecule has 0 saturated carbocycles. The van der Waals surface area contributed by atoms with Crippen LogP contribution in [-0.4, -0.2) is 13.3 Å². The Bertz CT molecular complexity index is 545. The van der Waals surface area contributed by atoms with Gasteiger partial charge in [-0.2, -0.15) is 0 Å². The predicted molar refractivity (Wildman–Crippen MR) is 77.5 cm³/mol. The van der Waals surface area contributed by atoms with E-state index in [1.165, 1.54) is 0 Å². The van der Waals surface area contributed by atoms with Crippen LogP contribution in [0, 0.1) is 0 Å². The van der Waals surface area contributed by atoms with Crippen LogP contribution in [-0.2, 0) is 11.3 Å². The van der Waals surface area contributed by atoms with Crippen LogP contribution in [0.15, 0.2) is 24.3 Å². The Morgan fingerprint density at radius 2 is 2.12 bits per heavy atom. The molecule has 1 heterocycles. The first kappa shape index (κ1) is 12.5. The average Bonchev–Trinajstić information content (AvgIpc) is 2.65. The molecular weight excluding hydrogens is 327 g/mol. The van der Waals surface area contributed by atoms with Gasteiger partial charge in [0.05, 0.1) is 11.0 Å². The minimum Gasteiger partial charge on any atom is -0.327 e. The summed E-state index contributed by atoms with van der Waals surface area (Å²) in [6.07, 6.45) is 0.556. The van der Waals surface area contributed by atoms with E-state index in [9.17, 15) is 4.79 Å². The Labute approximate surface area is 114 Å². The summed E-state index contributed by atoms with van der Waals surface area (Å²) in [5.74, 6) is 1.43. The number of nitrogens with zero attached hydrogens (tertiary/aromatic N) is 2.